The Kier molecular flexibility index (Phi) is 9.78. The smallest absolute Gasteiger partial charge is 0.311 e. The van der Waals surface area contributed by atoms with Crippen LogP contribution in [0.1, 0.15) is 76.7 Å². The Balaban J connectivity index is 1.92. The number of carbonyl (C=O) groups excluding carboxylic acids is 1. The topological polar surface area (TPSA) is 133 Å². The van der Waals surface area contributed by atoms with Gasteiger partial charge in [-0.15, -0.1) is 10.2 Å². The molecule has 2 heterocycles. The van der Waals surface area contributed by atoms with Crippen molar-refractivity contribution < 1.29 is 9.53 Å². The van der Waals surface area contributed by atoms with Gasteiger partial charge in [0.1, 0.15) is 18.7 Å². The number of benzene rings is 1. The number of likely N-dealkylation sites (N-methyl/N-ethyl adjacent to an activating group) is 1. The van der Waals surface area contributed by atoms with Crippen molar-refractivity contribution >= 4 is 34.2 Å². The van der Waals surface area contributed by atoms with E-state index in [4.69, 9.17) is 9.72 Å². The maximum absolute atomic E-state index is 12.4. The number of azo groups is 1. The van der Waals surface area contributed by atoms with Gasteiger partial charge in [-0.25, -0.2) is 0 Å². The lowest BCUT2D eigenvalue weighted by Crippen LogP contribution is -2.31. The summed E-state index contributed by atoms with van der Waals surface area (Å²) in [6.07, 6.45) is 0.703. The lowest BCUT2D eigenvalue weighted by atomic mass is 9.91. The Morgan fingerprint density at radius 3 is 2.35 bits per heavy atom. The van der Waals surface area contributed by atoms with Crippen molar-refractivity contribution in [1.82, 2.24) is 14.5 Å². The fourth-order valence-electron chi connectivity index (χ4n) is 3.69. The monoisotopic (exact) mass is 560 g/mol. The molecular weight excluding hydrogens is 524 g/mol. The minimum atomic E-state index is -0.520. The van der Waals surface area contributed by atoms with Gasteiger partial charge in [0.25, 0.3) is 5.95 Å². The molecule has 210 valence electrons. The minimum absolute atomic E-state index is 0.000323. The minimum Gasteiger partial charge on any atom is -0.463 e. The standard InChI is InChI=1S/C29H36N8O2S/c1-8-29(6,7)25(38)39-16-15-36(9-2)27-33-24(23(40-27)28(3,4)5)34-35-26-32-21(17-30)22(18-31)37(26)19-20-13-11-10-12-14-20/h10-14H,8-9,15-16,19H2,1-7H3. The third-order valence-electron chi connectivity index (χ3n) is 6.54. The van der Waals surface area contributed by atoms with Crippen LogP contribution in [0.15, 0.2) is 40.6 Å². The van der Waals surface area contributed by atoms with Crippen molar-refractivity contribution in [3.63, 3.8) is 0 Å². The number of nitriles is 2. The lowest BCUT2D eigenvalue weighted by molar-refractivity contribution is -0.153. The number of rotatable bonds is 11. The zero-order valence-electron chi connectivity index (χ0n) is 24.2. The molecule has 0 aliphatic carbocycles. The molecule has 3 rings (SSSR count). The number of nitrogens with zero attached hydrogens (tertiary/aromatic N) is 8. The first-order chi connectivity index (χ1) is 18.9. The Morgan fingerprint density at radius 1 is 1.07 bits per heavy atom. The van der Waals surface area contributed by atoms with Crippen molar-refractivity contribution in [3.8, 4) is 12.1 Å². The Bertz CT molecular complexity index is 1440. The van der Waals surface area contributed by atoms with Gasteiger partial charge in [0, 0.05) is 12.0 Å². The quantitative estimate of drug-likeness (QED) is 0.189. The van der Waals surface area contributed by atoms with Crippen molar-refractivity contribution in [1.29, 1.82) is 10.5 Å². The van der Waals surface area contributed by atoms with Crippen LogP contribution < -0.4 is 4.90 Å². The van der Waals surface area contributed by atoms with E-state index in [2.05, 4.69) is 42.1 Å². The number of ether oxygens (including phenoxy) is 1. The van der Waals surface area contributed by atoms with Crippen LogP contribution in [0.4, 0.5) is 16.9 Å². The molecule has 0 unspecified atom stereocenters. The molecule has 0 fully saturated rings. The van der Waals surface area contributed by atoms with E-state index in [1.54, 1.807) is 4.57 Å². The van der Waals surface area contributed by atoms with Gasteiger partial charge in [-0.05, 0) is 32.8 Å². The van der Waals surface area contributed by atoms with E-state index in [1.165, 1.54) is 11.3 Å². The zero-order chi connectivity index (χ0) is 29.5. The van der Waals surface area contributed by atoms with Gasteiger partial charge in [-0.2, -0.15) is 20.5 Å². The summed E-state index contributed by atoms with van der Waals surface area (Å²) in [5.74, 6) is 0.389. The average Bonchev–Trinajstić information content (AvgIpc) is 3.51. The Labute approximate surface area is 240 Å². The fraction of sp³-hybridized carbons (Fsp3) is 0.483. The summed E-state index contributed by atoms with van der Waals surface area (Å²) in [4.78, 5) is 24.4. The summed E-state index contributed by atoms with van der Waals surface area (Å²) in [6.45, 7) is 15.7. The molecule has 0 spiro atoms. The van der Waals surface area contributed by atoms with Crippen molar-refractivity contribution in [2.75, 3.05) is 24.6 Å². The summed E-state index contributed by atoms with van der Waals surface area (Å²) >= 11 is 1.52. The maximum Gasteiger partial charge on any atom is 0.311 e. The van der Waals surface area contributed by atoms with E-state index in [1.807, 2.05) is 69.0 Å². The molecule has 0 N–H and O–H groups in total. The molecule has 0 atom stereocenters. The normalized spacial score (nSPS) is 11.8. The number of esters is 1. The number of imidazole rings is 1. The van der Waals surface area contributed by atoms with Crippen LogP contribution in [0.3, 0.4) is 0 Å². The van der Waals surface area contributed by atoms with E-state index in [0.717, 1.165) is 15.6 Å². The molecule has 0 bridgehead atoms. The molecule has 10 nitrogen and oxygen atoms in total. The summed E-state index contributed by atoms with van der Waals surface area (Å²) < 4.78 is 7.14. The molecule has 0 aliphatic rings. The average molecular weight is 561 g/mol. The molecule has 11 heteroatoms. The number of hydrogen-bond acceptors (Lipinski definition) is 10. The van der Waals surface area contributed by atoms with E-state index in [9.17, 15) is 15.3 Å². The molecule has 2 aromatic heterocycles. The predicted octanol–water partition coefficient (Wildman–Crippen LogP) is 6.65. The van der Waals surface area contributed by atoms with Crippen LogP contribution in [0, 0.1) is 28.1 Å². The number of anilines is 1. The highest BCUT2D eigenvalue weighted by Crippen LogP contribution is 2.40. The molecule has 0 radical (unpaired) electrons. The third-order valence-corrected chi connectivity index (χ3v) is 8.07. The summed E-state index contributed by atoms with van der Waals surface area (Å²) in [5.41, 5.74) is 0.281. The van der Waals surface area contributed by atoms with E-state index in [0.29, 0.717) is 31.9 Å². The second kappa shape index (κ2) is 12.8. The van der Waals surface area contributed by atoms with Gasteiger partial charge >= 0.3 is 5.97 Å². The molecule has 3 aromatic rings. The van der Waals surface area contributed by atoms with Crippen LogP contribution in [0.5, 0.6) is 0 Å². The highest BCUT2D eigenvalue weighted by atomic mass is 32.1. The zero-order valence-corrected chi connectivity index (χ0v) is 25.0. The Hall–Kier alpha value is -4.09. The SMILES string of the molecule is CCN(CCOC(=O)C(C)(C)CC)c1nc(N=Nc2nc(C#N)c(C#N)n2Cc2ccccc2)c(C(C)(C)C)s1. The largest absolute Gasteiger partial charge is 0.463 e. The second-order valence-corrected chi connectivity index (χ2v) is 11.9. The third kappa shape index (κ3) is 7.10. The van der Waals surface area contributed by atoms with Gasteiger partial charge < -0.3 is 9.64 Å². The molecular formula is C29H36N8O2S. The lowest BCUT2D eigenvalue weighted by Gasteiger charge is -2.23. The van der Waals surface area contributed by atoms with Crippen LogP contribution in [-0.4, -0.2) is 40.2 Å². The van der Waals surface area contributed by atoms with E-state index < -0.39 is 5.41 Å². The Morgan fingerprint density at radius 2 is 1.77 bits per heavy atom. The summed E-state index contributed by atoms with van der Waals surface area (Å²) in [7, 11) is 0. The van der Waals surface area contributed by atoms with Crippen LogP contribution in [-0.2, 0) is 21.5 Å². The molecule has 0 amide bonds. The number of hydrogen-bond donors (Lipinski definition) is 0. The van der Waals surface area contributed by atoms with Crippen molar-refractivity contribution in [2.24, 2.45) is 15.6 Å². The number of carbonyl (C=O) groups is 1. The number of thiazole rings is 1. The molecule has 0 saturated carbocycles. The van der Waals surface area contributed by atoms with Gasteiger partial charge in [0.15, 0.2) is 22.3 Å². The van der Waals surface area contributed by atoms with E-state index in [-0.39, 0.29) is 35.3 Å². The maximum atomic E-state index is 12.4. The van der Waals surface area contributed by atoms with Crippen LogP contribution >= 0.6 is 11.3 Å². The molecule has 0 saturated heterocycles. The second-order valence-electron chi connectivity index (χ2n) is 11.0. The first kappa shape index (κ1) is 30.5. The van der Waals surface area contributed by atoms with Crippen molar-refractivity contribution in [3.05, 3.63) is 52.2 Å². The van der Waals surface area contributed by atoms with E-state index >= 15 is 0 Å². The highest BCUT2D eigenvalue weighted by Gasteiger charge is 2.28. The first-order valence-corrected chi connectivity index (χ1v) is 14.1. The number of aromatic nitrogens is 3. The summed E-state index contributed by atoms with van der Waals surface area (Å²) in [5, 5.41) is 28.9. The van der Waals surface area contributed by atoms with Crippen LogP contribution in [0.25, 0.3) is 0 Å². The fourth-order valence-corrected chi connectivity index (χ4v) is 4.83. The first-order valence-electron chi connectivity index (χ1n) is 13.2. The molecule has 0 aliphatic heterocycles. The molecule has 40 heavy (non-hydrogen) atoms. The highest BCUT2D eigenvalue weighted by molar-refractivity contribution is 7.16. The summed E-state index contributed by atoms with van der Waals surface area (Å²) in [6, 6.07) is 13.6. The predicted molar refractivity (Wildman–Crippen MR) is 155 cm³/mol. The van der Waals surface area contributed by atoms with Crippen molar-refractivity contribution in [2.45, 2.75) is 66.8 Å². The van der Waals surface area contributed by atoms with Gasteiger partial charge in [0.2, 0.25) is 0 Å². The molecule has 1 aromatic carbocycles. The van der Waals surface area contributed by atoms with Gasteiger partial charge in [0.05, 0.1) is 23.4 Å². The van der Waals surface area contributed by atoms with Gasteiger partial charge in [-0.1, -0.05) is 69.4 Å². The van der Waals surface area contributed by atoms with Crippen LogP contribution in [0.2, 0.25) is 0 Å². The van der Waals surface area contributed by atoms with Gasteiger partial charge in [-0.3, -0.25) is 9.36 Å².